The number of benzene rings is 1. The number of halogens is 1. The smallest absolute Gasteiger partial charge is 0.307 e. The Bertz CT molecular complexity index is 1990. The lowest BCUT2D eigenvalue weighted by molar-refractivity contribution is -0.163. The summed E-state index contributed by atoms with van der Waals surface area (Å²) < 4.78 is 65.9. The third kappa shape index (κ3) is 8.67. The molecule has 2 aliphatic carbocycles. The van der Waals surface area contributed by atoms with Crippen molar-refractivity contribution in [1.29, 1.82) is 0 Å². The maximum absolute atomic E-state index is 14.9. The highest BCUT2D eigenvalue weighted by Crippen LogP contribution is 2.57. The number of carbonyl (C=O) groups excluding carboxylic acids is 4. The zero-order chi connectivity index (χ0) is 40.1. The van der Waals surface area contributed by atoms with E-state index in [1.807, 2.05) is 19.1 Å². The molecular formula is C40H52FN3O10S. The summed E-state index contributed by atoms with van der Waals surface area (Å²) in [5.41, 5.74) is -2.15. The van der Waals surface area contributed by atoms with Crippen LogP contribution in [0.2, 0.25) is 0 Å². The number of fused-ring (bicyclic) bond motifs is 3. The van der Waals surface area contributed by atoms with E-state index in [2.05, 4.69) is 9.71 Å². The van der Waals surface area contributed by atoms with Crippen LogP contribution in [0.4, 0.5) is 4.39 Å². The molecule has 0 unspecified atom stereocenters. The lowest BCUT2D eigenvalue weighted by Crippen LogP contribution is -2.49. The van der Waals surface area contributed by atoms with E-state index in [-0.39, 0.29) is 50.0 Å². The van der Waals surface area contributed by atoms with Crippen LogP contribution in [0, 0.1) is 23.1 Å². The summed E-state index contributed by atoms with van der Waals surface area (Å²) in [5.74, 6) is -4.26. The molecule has 300 valence electrons. The predicted octanol–water partition coefficient (Wildman–Crippen LogP) is 5.19. The number of sulfonamides is 1. The van der Waals surface area contributed by atoms with Crippen LogP contribution < -0.4 is 14.2 Å². The highest BCUT2D eigenvalue weighted by atomic mass is 32.2. The molecule has 1 saturated heterocycles. The Morgan fingerprint density at radius 2 is 1.89 bits per heavy atom. The van der Waals surface area contributed by atoms with Gasteiger partial charge in [0.15, 0.2) is 17.3 Å². The fraction of sp³-hybridized carbons (Fsp3) is 0.625. The van der Waals surface area contributed by atoms with Gasteiger partial charge in [0.1, 0.15) is 11.7 Å². The Hall–Kier alpha value is -4.11. The van der Waals surface area contributed by atoms with Crippen molar-refractivity contribution in [3.8, 4) is 11.6 Å². The molecule has 0 bridgehead atoms. The average Bonchev–Trinajstić information content (AvgIpc) is 3.98. The number of pyridine rings is 1. The molecule has 13 nitrogen and oxygen atoms in total. The number of carbonyl (C=O) groups is 4. The Balaban J connectivity index is 1.35. The Kier molecular flexibility index (Phi) is 11.1. The number of ether oxygens (including phenoxy) is 4. The number of esters is 1. The van der Waals surface area contributed by atoms with Gasteiger partial charge in [-0.2, -0.15) is 0 Å². The quantitative estimate of drug-likeness (QED) is 0.277. The monoisotopic (exact) mass is 785 g/mol. The number of hydrogen-bond donors (Lipinski definition) is 1. The SMILES string of the molecule is COc1cc2ccnc(O[C@@H]3C[C@H]4C(=O)C[C@]5(C(=O)NS(=O)(=O)C6(C)CC6)C[C@H]5/C=C\CC[C@@H](C)O[C@@H](C)[C@H](CC(=O)OC(C)(C)C)C(=O)N4C3)c2cc1F. The van der Waals surface area contributed by atoms with Gasteiger partial charge in [-0.3, -0.25) is 23.9 Å². The van der Waals surface area contributed by atoms with Gasteiger partial charge >= 0.3 is 5.97 Å². The van der Waals surface area contributed by atoms with Crippen LogP contribution in [0.25, 0.3) is 10.8 Å². The Morgan fingerprint density at radius 1 is 1.16 bits per heavy atom. The van der Waals surface area contributed by atoms with Gasteiger partial charge in [0.2, 0.25) is 27.7 Å². The van der Waals surface area contributed by atoms with Gasteiger partial charge < -0.3 is 23.8 Å². The van der Waals surface area contributed by atoms with E-state index >= 15 is 0 Å². The van der Waals surface area contributed by atoms with Crippen molar-refractivity contribution in [2.24, 2.45) is 17.3 Å². The maximum Gasteiger partial charge on any atom is 0.307 e. The highest BCUT2D eigenvalue weighted by Gasteiger charge is 2.62. The molecule has 1 aromatic heterocycles. The van der Waals surface area contributed by atoms with Crippen molar-refractivity contribution in [1.82, 2.24) is 14.6 Å². The molecule has 4 aliphatic rings. The van der Waals surface area contributed by atoms with Crippen molar-refractivity contribution >= 4 is 44.4 Å². The molecule has 55 heavy (non-hydrogen) atoms. The molecule has 1 aromatic carbocycles. The number of ketones is 1. The summed E-state index contributed by atoms with van der Waals surface area (Å²) in [6.45, 7) is 10.3. The first kappa shape index (κ1) is 40.6. The van der Waals surface area contributed by atoms with Crippen molar-refractivity contribution < 1.29 is 50.9 Å². The standard InChI is InChI=1S/C40H52FN3O10S/c1-23-10-8-9-11-26-20-40(26,37(48)43-55(49,50)39(6)13-14-39)21-32(45)31-17-27(53-35-29-18-30(41)33(51-7)16-25(29)12-15-42-35)22-44(31)36(47)28(24(2)52-23)19-34(46)54-38(3,4)5/h9,11-12,15-16,18,23-24,26-28,31H,8,10,13-14,17,19-22H2,1-7H3,(H,43,48)/b11-9-/t23-,24+,26-,27-,28+,31+,40-/m1/s1. The second kappa shape index (κ2) is 15.1. The fourth-order valence-electron chi connectivity index (χ4n) is 7.69. The third-order valence-corrected chi connectivity index (χ3v) is 13.5. The Labute approximate surface area is 321 Å². The highest BCUT2D eigenvalue weighted by molar-refractivity contribution is 7.91. The van der Waals surface area contributed by atoms with Crippen LogP contribution in [-0.4, -0.2) is 90.2 Å². The number of rotatable bonds is 8. The van der Waals surface area contributed by atoms with E-state index in [0.717, 1.165) is 0 Å². The van der Waals surface area contributed by atoms with E-state index in [1.54, 1.807) is 40.7 Å². The lowest BCUT2D eigenvalue weighted by atomic mass is 9.90. The molecule has 0 radical (unpaired) electrons. The van der Waals surface area contributed by atoms with Crippen LogP contribution in [-0.2, 0) is 38.7 Å². The normalized spacial score (nSPS) is 30.3. The first-order valence-corrected chi connectivity index (χ1v) is 20.5. The number of methoxy groups -OCH3 is 1. The molecular weight excluding hydrogens is 734 g/mol. The van der Waals surface area contributed by atoms with Crippen LogP contribution in [0.15, 0.2) is 36.5 Å². The van der Waals surface area contributed by atoms with Gasteiger partial charge in [-0.05, 0) is 103 Å². The van der Waals surface area contributed by atoms with Gasteiger partial charge in [0.05, 0.1) is 54.4 Å². The van der Waals surface area contributed by atoms with Crippen LogP contribution in [0.5, 0.6) is 11.6 Å². The van der Waals surface area contributed by atoms with E-state index < -0.39 is 85.3 Å². The minimum Gasteiger partial charge on any atom is -0.494 e. The fourth-order valence-corrected chi connectivity index (χ4v) is 9.02. The first-order chi connectivity index (χ1) is 25.8. The van der Waals surface area contributed by atoms with Crippen LogP contribution in [0.3, 0.4) is 0 Å². The topological polar surface area (TPSA) is 168 Å². The first-order valence-electron chi connectivity index (χ1n) is 19.0. The molecule has 0 spiro atoms. The molecule has 2 aliphatic heterocycles. The van der Waals surface area contributed by atoms with E-state index in [4.69, 9.17) is 18.9 Å². The van der Waals surface area contributed by atoms with Crippen molar-refractivity contribution in [2.45, 2.75) is 128 Å². The van der Waals surface area contributed by atoms with E-state index in [0.29, 0.717) is 36.5 Å². The zero-order valence-corrected chi connectivity index (χ0v) is 33.4. The molecule has 7 atom stereocenters. The van der Waals surface area contributed by atoms with Crippen molar-refractivity contribution in [2.75, 3.05) is 13.7 Å². The lowest BCUT2D eigenvalue weighted by Gasteiger charge is -2.32. The van der Waals surface area contributed by atoms with Crippen molar-refractivity contribution in [3.05, 3.63) is 42.4 Å². The second-order valence-electron chi connectivity index (χ2n) is 16.9. The van der Waals surface area contributed by atoms with Gasteiger partial charge in [0, 0.05) is 24.4 Å². The molecule has 3 heterocycles. The van der Waals surface area contributed by atoms with Gasteiger partial charge in [-0.15, -0.1) is 0 Å². The average molecular weight is 786 g/mol. The summed E-state index contributed by atoms with van der Waals surface area (Å²) in [4.78, 5) is 62.2. The number of nitrogens with zero attached hydrogens (tertiary/aromatic N) is 2. The molecule has 2 saturated carbocycles. The third-order valence-electron chi connectivity index (χ3n) is 11.3. The number of hydrogen-bond acceptors (Lipinski definition) is 11. The largest absolute Gasteiger partial charge is 0.494 e. The molecule has 2 amide bonds. The number of nitrogens with one attached hydrogen (secondary N) is 1. The van der Waals surface area contributed by atoms with Crippen molar-refractivity contribution in [3.63, 3.8) is 0 Å². The number of amides is 2. The van der Waals surface area contributed by atoms with Gasteiger partial charge in [-0.25, -0.2) is 17.8 Å². The molecule has 2 aromatic rings. The molecule has 1 N–H and O–H groups in total. The summed E-state index contributed by atoms with van der Waals surface area (Å²) >= 11 is 0. The number of Topliss-reactive ketones (excluding diaryl/α,β-unsaturated/α-hetero) is 1. The summed E-state index contributed by atoms with van der Waals surface area (Å²) in [7, 11) is -2.63. The van der Waals surface area contributed by atoms with E-state index in [1.165, 1.54) is 30.3 Å². The van der Waals surface area contributed by atoms with E-state index in [9.17, 15) is 32.0 Å². The summed E-state index contributed by atoms with van der Waals surface area (Å²) in [5, 5.41) is 0.951. The summed E-state index contributed by atoms with van der Waals surface area (Å²) in [6.07, 6.45) is 5.02. The van der Waals surface area contributed by atoms with Gasteiger partial charge in [0.25, 0.3) is 0 Å². The van der Waals surface area contributed by atoms with Crippen LogP contribution in [0.1, 0.15) is 92.9 Å². The molecule has 6 rings (SSSR count). The zero-order valence-electron chi connectivity index (χ0n) is 32.6. The minimum atomic E-state index is -3.99. The predicted molar refractivity (Wildman–Crippen MR) is 200 cm³/mol. The summed E-state index contributed by atoms with van der Waals surface area (Å²) in [6, 6.07) is 3.34. The molecule has 15 heteroatoms. The minimum absolute atomic E-state index is 0.000646. The Morgan fingerprint density at radius 3 is 2.56 bits per heavy atom. The van der Waals surface area contributed by atoms with Gasteiger partial charge in [-0.1, -0.05) is 12.2 Å². The molecule has 3 fully saturated rings. The maximum atomic E-state index is 14.9. The number of allylic oxidation sites excluding steroid dienone is 2. The van der Waals surface area contributed by atoms with Crippen LogP contribution >= 0.6 is 0 Å². The number of aromatic nitrogens is 1. The second-order valence-corrected chi connectivity index (χ2v) is 19.1.